The number of ether oxygens (including phenoxy) is 5. The fourth-order valence-electron chi connectivity index (χ4n) is 10.6. The number of aliphatic hydroxyl groups excluding tert-OH is 1. The fourth-order valence-corrected chi connectivity index (χ4v) is 11.5. The van der Waals surface area contributed by atoms with Gasteiger partial charge in [0, 0.05) is 58.5 Å². The molecule has 3 fully saturated rings. The van der Waals surface area contributed by atoms with Gasteiger partial charge in [-0.2, -0.15) is 0 Å². The van der Waals surface area contributed by atoms with Crippen LogP contribution in [0.15, 0.2) is 47.6 Å². The van der Waals surface area contributed by atoms with Gasteiger partial charge in [-0.25, -0.2) is 14.2 Å². The van der Waals surface area contributed by atoms with Crippen LogP contribution in [0.1, 0.15) is 126 Å². The van der Waals surface area contributed by atoms with Crippen molar-refractivity contribution in [2.24, 2.45) is 35.5 Å². The number of allylic oxidation sites excluding steroid dienone is 6. The summed E-state index contributed by atoms with van der Waals surface area (Å²) >= 11 is 0. The molecule has 390 valence electrons. The molecule has 4 rings (SSSR count). The van der Waals surface area contributed by atoms with Crippen LogP contribution in [0.5, 0.6) is 0 Å². The molecule has 2 saturated heterocycles. The van der Waals surface area contributed by atoms with Crippen LogP contribution in [0.25, 0.3) is 0 Å². The fraction of sp³-hybridized carbons (Fsp3) is 0.755. The molecule has 1 saturated carbocycles. The third-order valence-corrected chi connectivity index (χ3v) is 15.6. The number of methoxy groups -OCH3 is 3. The lowest BCUT2D eigenvalue weighted by molar-refractivity contribution is -0.265. The second-order valence-electron chi connectivity index (χ2n) is 21.0. The van der Waals surface area contributed by atoms with E-state index in [0.717, 1.165) is 12.0 Å². The highest BCUT2D eigenvalue weighted by atomic mass is 31.2. The van der Waals surface area contributed by atoms with Gasteiger partial charge in [0.2, 0.25) is 5.79 Å². The van der Waals surface area contributed by atoms with Gasteiger partial charge < -0.3 is 38.8 Å². The number of hydrogen-bond acceptors (Lipinski definition) is 14. The molecule has 3 aliphatic heterocycles. The minimum absolute atomic E-state index is 0.0139. The minimum atomic E-state index is -2.54. The zero-order valence-corrected chi connectivity index (χ0v) is 44.4. The van der Waals surface area contributed by atoms with Crippen molar-refractivity contribution in [3.8, 4) is 0 Å². The molecule has 2 bridgehead atoms. The number of carbonyl (C=O) groups is 5. The molecule has 0 aromatic carbocycles. The first-order chi connectivity index (χ1) is 32.4. The van der Waals surface area contributed by atoms with E-state index in [1.54, 1.807) is 54.4 Å². The van der Waals surface area contributed by atoms with Crippen molar-refractivity contribution in [3.63, 3.8) is 0 Å². The van der Waals surface area contributed by atoms with Gasteiger partial charge in [0.25, 0.3) is 19.4 Å². The second kappa shape index (κ2) is 26.6. The number of cyclic esters (lactones) is 1. The van der Waals surface area contributed by atoms with Crippen LogP contribution in [0.3, 0.4) is 0 Å². The largest absolute Gasteiger partial charge is 0.460 e. The number of Topliss-reactive ketones (excluding diaryl/α,β-unsaturated/α-hetero) is 3. The summed E-state index contributed by atoms with van der Waals surface area (Å²) in [6.07, 6.45) is 11.6. The molecule has 4 aliphatic rings. The van der Waals surface area contributed by atoms with Gasteiger partial charge in [0.15, 0.2) is 5.78 Å². The maximum absolute atomic E-state index is 14.5. The van der Waals surface area contributed by atoms with Gasteiger partial charge in [0.1, 0.15) is 49.6 Å². The van der Waals surface area contributed by atoms with Crippen molar-refractivity contribution >= 4 is 36.9 Å². The quantitative estimate of drug-likeness (QED) is 0.0945. The predicted molar refractivity (Wildman–Crippen MR) is 265 cm³/mol. The van der Waals surface area contributed by atoms with E-state index in [1.807, 2.05) is 58.1 Å². The molecular weight excluding hydrogens is 906 g/mol. The van der Waals surface area contributed by atoms with Crippen molar-refractivity contribution in [2.45, 2.75) is 180 Å². The van der Waals surface area contributed by atoms with Crippen LogP contribution < -0.4 is 0 Å². The van der Waals surface area contributed by atoms with E-state index in [4.69, 9.17) is 28.2 Å². The van der Waals surface area contributed by atoms with Gasteiger partial charge in [-0.3, -0.25) is 19.2 Å². The van der Waals surface area contributed by atoms with Crippen molar-refractivity contribution < 1.29 is 67.3 Å². The summed E-state index contributed by atoms with van der Waals surface area (Å²) in [7, 11) is 2.03. The van der Waals surface area contributed by atoms with E-state index in [1.165, 1.54) is 12.0 Å². The minimum Gasteiger partial charge on any atom is -0.460 e. The normalized spacial score (nSPS) is 37.8. The Bertz CT molecular complexity index is 1870. The predicted octanol–water partition coefficient (Wildman–Crippen LogP) is 7.30. The van der Waals surface area contributed by atoms with Crippen LogP contribution in [-0.4, -0.2) is 145 Å². The molecule has 1 aliphatic carbocycles. The van der Waals surface area contributed by atoms with Gasteiger partial charge in [0.05, 0.1) is 18.3 Å². The topological polar surface area (TPSA) is 205 Å². The van der Waals surface area contributed by atoms with Crippen LogP contribution in [-0.2, 0) is 52.2 Å². The molecule has 1 amide bonds. The molecule has 0 unspecified atom stereocenters. The summed E-state index contributed by atoms with van der Waals surface area (Å²) in [6, 6.07) is -1.15. The van der Waals surface area contributed by atoms with E-state index >= 15 is 0 Å². The van der Waals surface area contributed by atoms with Crippen LogP contribution in [0, 0.1) is 35.5 Å². The summed E-state index contributed by atoms with van der Waals surface area (Å²) in [6.45, 7) is 16.1. The lowest BCUT2D eigenvalue weighted by Crippen LogP contribution is -2.61. The molecule has 0 aromatic rings. The molecule has 15 nitrogen and oxygen atoms in total. The first kappa shape index (κ1) is 58.6. The maximum atomic E-state index is 14.5. The third kappa shape index (κ3) is 16.3. The molecule has 0 aromatic heterocycles. The summed E-state index contributed by atoms with van der Waals surface area (Å²) in [4.78, 5) is 82.7. The van der Waals surface area contributed by atoms with Gasteiger partial charge in [-0.15, -0.1) is 0 Å². The number of nitrogens with zero attached hydrogens (tertiary/aromatic N) is 1. The summed E-state index contributed by atoms with van der Waals surface area (Å²) in [5.41, 5.74) is 1.26. The number of fused-ring (bicyclic) bond motifs is 3. The number of carbonyl (C=O) groups excluding carboxylic acids is 5. The summed E-state index contributed by atoms with van der Waals surface area (Å²) in [5, 5.41) is 23.5. The van der Waals surface area contributed by atoms with E-state index in [9.17, 15) is 39.1 Å². The summed E-state index contributed by atoms with van der Waals surface area (Å²) < 4.78 is 35.8. The SMILES string of the molecule is CO[C@H]1C[C@@H]2CC[C@@H](C)[C@@](O)(O2)C(=O)C(=O)N2CCCC[C@H]2C(=O)O[C@H]([C@H](C)C[C@@H]2CC[C@@H](O[P+](C)(C)O)[C@H](OC)C2)CC(=O)[C@H](C)/C=C(\C)[C@@H](O)[C@@H](OC)C(=O)[C@H](C)C[C@H](C)/C=C/C=CC=C1C. The molecular formula is C53H85NO14P+. The maximum Gasteiger partial charge on any atom is 0.329 e. The standard InChI is InChI=1S/C53H85NO14P/c1-32-18-14-13-15-19-33(2)44(63-8)30-40-23-21-38(7)53(61,67-40)50(58)51(59)54-25-17-16-20-41(54)52(60)66-45(35(4)28-39-22-24-43(46(29-39)64-9)68-69(11,12)62)31-42(55)34(3)27-37(6)48(57)49(65-10)47(56)36(5)26-32/h13-15,18-19,27,32,34-36,38-41,43-46,48-49,57,61-62H,16-17,20-26,28-31H2,1-12H3/q+1/b15-13?,18-14+,33-19?,37-27+/t32-,34-,35-,36-,38-,39+,40+,41+,43-,44+,45+,46-,48-,49+,53-/m1/s1. The zero-order valence-electron chi connectivity index (χ0n) is 43.5. The highest BCUT2D eigenvalue weighted by Gasteiger charge is 2.53. The smallest absolute Gasteiger partial charge is 0.329 e. The molecule has 16 heteroatoms. The Morgan fingerprint density at radius 2 is 1.57 bits per heavy atom. The second-order valence-corrected chi connectivity index (χ2v) is 23.8. The Kier molecular flexibility index (Phi) is 22.6. The Balaban J connectivity index is 1.70. The monoisotopic (exact) mass is 991 g/mol. The molecule has 69 heavy (non-hydrogen) atoms. The average molecular weight is 991 g/mol. The van der Waals surface area contributed by atoms with Crippen LogP contribution in [0.2, 0.25) is 0 Å². The van der Waals surface area contributed by atoms with E-state index in [2.05, 4.69) is 0 Å². The summed E-state index contributed by atoms with van der Waals surface area (Å²) in [5.74, 6) is -8.03. The van der Waals surface area contributed by atoms with Crippen molar-refractivity contribution in [2.75, 3.05) is 41.2 Å². The highest BCUT2D eigenvalue weighted by Crippen LogP contribution is 2.51. The Labute approximate surface area is 412 Å². The number of hydrogen-bond donors (Lipinski definition) is 3. The number of esters is 1. The van der Waals surface area contributed by atoms with Crippen LogP contribution in [0.4, 0.5) is 0 Å². The first-order valence-electron chi connectivity index (χ1n) is 25.2. The molecule has 15 atom stereocenters. The number of ketones is 3. The highest BCUT2D eigenvalue weighted by molar-refractivity contribution is 7.64. The van der Waals surface area contributed by atoms with Crippen LogP contribution >= 0.6 is 7.72 Å². The van der Waals surface area contributed by atoms with Gasteiger partial charge >= 0.3 is 5.97 Å². The number of aliphatic hydroxyl groups is 2. The van der Waals surface area contributed by atoms with Crippen molar-refractivity contribution in [1.82, 2.24) is 4.90 Å². The average Bonchev–Trinajstić information content (AvgIpc) is 3.30. The molecule has 0 radical (unpaired) electrons. The van der Waals surface area contributed by atoms with Gasteiger partial charge in [-0.1, -0.05) is 71.1 Å². The first-order valence-corrected chi connectivity index (χ1v) is 27.7. The van der Waals surface area contributed by atoms with E-state index in [-0.39, 0.29) is 60.9 Å². The third-order valence-electron chi connectivity index (χ3n) is 14.8. The van der Waals surface area contributed by atoms with Crippen molar-refractivity contribution in [3.05, 3.63) is 47.6 Å². The number of amides is 1. The number of piperidine rings is 1. The van der Waals surface area contributed by atoms with Crippen molar-refractivity contribution in [1.29, 1.82) is 0 Å². The lowest BCUT2D eigenvalue weighted by Gasteiger charge is -2.42. The molecule has 0 spiro atoms. The molecule has 3 N–H and O–H groups in total. The zero-order chi connectivity index (χ0) is 51.4. The lowest BCUT2D eigenvalue weighted by atomic mass is 9.78. The Morgan fingerprint density at radius 1 is 0.855 bits per heavy atom. The van der Waals surface area contributed by atoms with E-state index < -0.39 is 85.5 Å². The van der Waals surface area contributed by atoms with Gasteiger partial charge in [-0.05, 0) is 107 Å². The Morgan fingerprint density at radius 3 is 2.22 bits per heavy atom. The Hall–Kier alpha value is -2.98. The van der Waals surface area contributed by atoms with E-state index in [0.29, 0.717) is 63.4 Å². The molecule has 3 heterocycles. The number of rotatable bonds is 8.